The van der Waals surface area contributed by atoms with Gasteiger partial charge >= 0.3 is 0 Å². The van der Waals surface area contributed by atoms with E-state index in [-0.39, 0.29) is 6.29 Å². The zero-order valence-corrected chi connectivity index (χ0v) is 13.0. The van der Waals surface area contributed by atoms with Crippen molar-refractivity contribution in [2.45, 2.75) is 33.2 Å². The Morgan fingerprint density at radius 2 is 2.14 bits per heavy atom. The first-order valence-electron chi connectivity index (χ1n) is 7.03. The molecule has 0 N–H and O–H groups in total. The van der Waals surface area contributed by atoms with Crippen LogP contribution in [0.3, 0.4) is 0 Å². The molecule has 1 fully saturated rings. The molecule has 0 saturated carbocycles. The molecule has 21 heavy (non-hydrogen) atoms. The third-order valence-corrected chi connectivity index (χ3v) is 4.16. The summed E-state index contributed by atoms with van der Waals surface area (Å²) in [5, 5.41) is 0.851. The van der Waals surface area contributed by atoms with Gasteiger partial charge in [-0.05, 0) is 25.5 Å². The van der Waals surface area contributed by atoms with Gasteiger partial charge in [0.2, 0.25) is 6.29 Å². The molecule has 0 aliphatic carbocycles. The minimum atomic E-state index is -0.309. The summed E-state index contributed by atoms with van der Waals surface area (Å²) in [5.41, 5.74) is 2.00. The van der Waals surface area contributed by atoms with Crippen LogP contribution in [0.2, 0.25) is 0 Å². The lowest BCUT2D eigenvalue weighted by atomic mass is 10.2. The maximum absolute atomic E-state index is 5.87. The molecule has 1 aliphatic heterocycles. The standard InChI is InChI=1S/C15H18N2O3S/c1-3-12-13(5-4-10(2)17-12)20-9-11-8-16-14(21-11)15-18-6-7-19-15/h4-5,8,15H,3,6-7,9H2,1-2H3. The second-order valence-electron chi connectivity index (χ2n) is 4.78. The van der Waals surface area contributed by atoms with Crippen molar-refractivity contribution in [3.63, 3.8) is 0 Å². The number of rotatable bonds is 5. The first-order valence-corrected chi connectivity index (χ1v) is 7.85. The van der Waals surface area contributed by atoms with Gasteiger partial charge in [-0.15, -0.1) is 11.3 Å². The Labute approximate surface area is 127 Å². The van der Waals surface area contributed by atoms with Crippen molar-refractivity contribution in [2.75, 3.05) is 13.2 Å². The molecular weight excluding hydrogens is 288 g/mol. The minimum Gasteiger partial charge on any atom is -0.486 e. The number of ether oxygens (including phenoxy) is 3. The van der Waals surface area contributed by atoms with Crippen LogP contribution in [0.25, 0.3) is 0 Å². The van der Waals surface area contributed by atoms with E-state index in [4.69, 9.17) is 14.2 Å². The summed E-state index contributed by atoms with van der Waals surface area (Å²) in [6, 6.07) is 3.94. The predicted octanol–water partition coefficient (Wildman–Crippen LogP) is 3.03. The van der Waals surface area contributed by atoms with E-state index in [1.807, 2.05) is 25.3 Å². The van der Waals surface area contributed by atoms with Crippen LogP contribution in [0.1, 0.15) is 34.5 Å². The molecule has 3 heterocycles. The van der Waals surface area contributed by atoms with Gasteiger partial charge in [0.15, 0.2) is 0 Å². The quantitative estimate of drug-likeness (QED) is 0.850. The van der Waals surface area contributed by atoms with Gasteiger partial charge in [0.1, 0.15) is 17.4 Å². The molecule has 0 unspecified atom stereocenters. The van der Waals surface area contributed by atoms with Gasteiger partial charge in [-0.1, -0.05) is 6.92 Å². The first-order chi connectivity index (χ1) is 10.3. The number of aromatic nitrogens is 2. The van der Waals surface area contributed by atoms with Crippen molar-refractivity contribution >= 4 is 11.3 Å². The molecular formula is C15H18N2O3S. The second kappa shape index (κ2) is 6.51. The molecule has 1 saturated heterocycles. The van der Waals surface area contributed by atoms with E-state index < -0.39 is 0 Å². The van der Waals surface area contributed by atoms with Crippen LogP contribution in [0.15, 0.2) is 18.3 Å². The van der Waals surface area contributed by atoms with Crippen LogP contribution in [-0.4, -0.2) is 23.2 Å². The molecule has 112 valence electrons. The molecule has 2 aromatic heterocycles. The Morgan fingerprint density at radius 3 is 2.90 bits per heavy atom. The largest absolute Gasteiger partial charge is 0.486 e. The zero-order valence-electron chi connectivity index (χ0n) is 12.2. The summed E-state index contributed by atoms with van der Waals surface area (Å²) < 4.78 is 16.8. The predicted molar refractivity (Wildman–Crippen MR) is 79.4 cm³/mol. The Morgan fingerprint density at radius 1 is 1.33 bits per heavy atom. The van der Waals surface area contributed by atoms with Crippen LogP contribution in [0.4, 0.5) is 0 Å². The van der Waals surface area contributed by atoms with Gasteiger partial charge < -0.3 is 14.2 Å². The summed E-state index contributed by atoms with van der Waals surface area (Å²) >= 11 is 1.56. The van der Waals surface area contributed by atoms with Crippen LogP contribution < -0.4 is 4.74 Å². The van der Waals surface area contributed by atoms with Gasteiger partial charge in [0.05, 0.1) is 23.8 Å². The average molecular weight is 306 g/mol. The molecule has 0 radical (unpaired) electrons. The summed E-state index contributed by atoms with van der Waals surface area (Å²) in [5.74, 6) is 0.839. The summed E-state index contributed by atoms with van der Waals surface area (Å²) in [7, 11) is 0. The Bertz CT molecular complexity index is 609. The number of hydrogen-bond acceptors (Lipinski definition) is 6. The topological polar surface area (TPSA) is 53.5 Å². The van der Waals surface area contributed by atoms with Crippen molar-refractivity contribution in [1.29, 1.82) is 0 Å². The number of hydrogen-bond donors (Lipinski definition) is 0. The van der Waals surface area contributed by atoms with Crippen LogP contribution in [-0.2, 0) is 22.5 Å². The lowest BCUT2D eigenvalue weighted by molar-refractivity contribution is -0.0442. The minimum absolute atomic E-state index is 0.309. The van der Waals surface area contributed by atoms with Crippen LogP contribution in [0, 0.1) is 6.92 Å². The van der Waals surface area contributed by atoms with E-state index in [0.29, 0.717) is 19.8 Å². The highest BCUT2D eigenvalue weighted by atomic mass is 32.1. The number of nitrogens with zero attached hydrogens (tertiary/aromatic N) is 2. The van der Waals surface area contributed by atoms with Crippen molar-refractivity contribution < 1.29 is 14.2 Å². The van der Waals surface area contributed by atoms with Crippen molar-refractivity contribution in [2.24, 2.45) is 0 Å². The van der Waals surface area contributed by atoms with Gasteiger partial charge in [0.25, 0.3) is 0 Å². The monoisotopic (exact) mass is 306 g/mol. The molecule has 0 atom stereocenters. The molecule has 5 nitrogen and oxygen atoms in total. The highest BCUT2D eigenvalue weighted by Crippen LogP contribution is 2.28. The summed E-state index contributed by atoms with van der Waals surface area (Å²) in [6.07, 6.45) is 2.36. The molecule has 1 aliphatic rings. The number of thiazole rings is 1. The van der Waals surface area contributed by atoms with Gasteiger partial charge in [0, 0.05) is 11.9 Å². The van der Waals surface area contributed by atoms with Crippen molar-refractivity contribution in [1.82, 2.24) is 9.97 Å². The van der Waals surface area contributed by atoms with E-state index in [9.17, 15) is 0 Å². The fraction of sp³-hybridized carbons (Fsp3) is 0.467. The van der Waals surface area contributed by atoms with E-state index in [2.05, 4.69) is 16.9 Å². The van der Waals surface area contributed by atoms with Crippen LogP contribution >= 0.6 is 11.3 Å². The third-order valence-electron chi connectivity index (χ3n) is 3.17. The maximum Gasteiger partial charge on any atom is 0.211 e. The SMILES string of the molecule is CCc1nc(C)ccc1OCc1cnc(C2OCCO2)s1. The van der Waals surface area contributed by atoms with E-state index in [1.165, 1.54) is 0 Å². The molecule has 3 rings (SSSR count). The van der Waals surface area contributed by atoms with Crippen molar-refractivity contribution in [3.8, 4) is 5.75 Å². The van der Waals surface area contributed by atoms with Crippen LogP contribution in [0.5, 0.6) is 5.75 Å². The second-order valence-corrected chi connectivity index (χ2v) is 5.92. The molecule has 0 amide bonds. The fourth-order valence-electron chi connectivity index (χ4n) is 2.13. The van der Waals surface area contributed by atoms with Crippen molar-refractivity contribution in [3.05, 3.63) is 39.6 Å². The van der Waals surface area contributed by atoms with Gasteiger partial charge in [-0.2, -0.15) is 0 Å². The zero-order chi connectivity index (χ0) is 14.7. The Kier molecular flexibility index (Phi) is 4.48. The van der Waals surface area contributed by atoms with E-state index in [0.717, 1.165) is 33.4 Å². The molecule has 0 bridgehead atoms. The van der Waals surface area contributed by atoms with E-state index in [1.54, 1.807) is 11.3 Å². The summed E-state index contributed by atoms with van der Waals surface area (Å²) in [4.78, 5) is 9.88. The number of aryl methyl sites for hydroxylation is 2. The maximum atomic E-state index is 5.87. The molecule has 6 heteroatoms. The lowest BCUT2D eigenvalue weighted by Gasteiger charge is -2.09. The molecule has 0 spiro atoms. The Balaban J connectivity index is 1.65. The third kappa shape index (κ3) is 3.40. The van der Waals surface area contributed by atoms with Gasteiger partial charge in [-0.3, -0.25) is 4.98 Å². The highest BCUT2D eigenvalue weighted by Gasteiger charge is 2.21. The smallest absolute Gasteiger partial charge is 0.211 e. The van der Waals surface area contributed by atoms with E-state index >= 15 is 0 Å². The fourth-order valence-corrected chi connectivity index (χ4v) is 2.96. The highest BCUT2D eigenvalue weighted by molar-refractivity contribution is 7.11. The van der Waals surface area contributed by atoms with Gasteiger partial charge in [-0.25, -0.2) is 4.98 Å². The number of pyridine rings is 1. The first kappa shape index (κ1) is 14.4. The molecule has 2 aromatic rings. The average Bonchev–Trinajstić information content (AvgIpc) is 3.16. The normalized spacial score (nSPS) is 15.5. The Hall–Kier alpha value is -1.50. The molecule has 0 aromatic carbocycles. The lowest BCUT2D eigenvalue weighted by Crippen LogP contribution is -1.99. The summed E-state index contributed by atoms with van der Waals surface area (Å²) in [6.45, 7) is 5.81.